The fourth-order valence-corrected chi connectivity index (χ4v) is 3.98. The molecule has 0 radical (unpaired) electrons. The summed E-state index contributed by atoms with van der Waals surface area (Å²) in [4.78, 5) is 43.4. The third kappa shape index (κ3) is 3.13. The van der Waals surface area contributed by atoms with Gasteiger partial charge in [0, 0.05) is 0 Å². The quantitative estimate of drug-likeness (QED) is 0.707. The standard InChI is InChI=1S/C20H15N3O3S/c1-12-17(13-7-3-2-4-8-13)27-20(21-12)22-16(24)11-23-18(25)14-9-5-6-10-15(14)19(23)26/h2-10H,11H2,1H3,(H,21,22,24). The molecule has 1 aliphatic rings. The Labute approximate surface area is 159 Å². The van der Waals surface area contributed by atoms with Gasteiger partial charge in [-0.25, -0.2) is 4.98 Å². The number of hydrogen-bond acceptors (Lipinski definition) is 5. The second-order valence-electron chi connectivity index (χ2n) is 6.09. The number of fused-ring (bicyclic) bond motifs is 1. The Morgan fingerprint density at radius 3 is 2.22 bits per heavy atom. The lowest BCUT2D eigenvalue weighted by molar-refractivity contribution is -0.116. The van der Waals surface area contributed by atoms with Crippen LogP contribution in [-0.2, 0) is 4.79 Å². The number of benzene rings is 2. The van der Waals surface area contributed by atoms with Gasteiger partial charge in [-0.05, 0) is 24.6 Å². The minimum atomic E-state index is -0.460. The van der Waals surface area contributed by atoms with Crippen LogP contribution in [0.3, 0.4) is 0 Å². The van der Waals surface area contributed by atoms with Gasteiger partial charge >= 0.3 is 0 Å². The van der Waals surface area contributed by atoms with Crippen LogP contribution in [0.1, 0.15) is 26.4 Å². The summed E-state index contributed by atoms with van der Waals surface area (Å²) in [5, 5.41) is 3.13. The average molecular weight is 377 g/mol. The molecule has 3 aromatic rings. The number of nitrogens with zero attached hydrogens (tertiary/aromatic N) is 2. The summed E-state index contributed by atoms with van der Waals surface area (Å²) in [6.45, 7) is 1.53. The van der Waals surface area contributed by atoms with Crippen LogP contribution in [0.2, 0.25) is 0 Å². The topological polar surface area (TPSA) is 79.4 Å². The zero-order valence-electron chi connectivity index (χ0n) is 14.4. The van der Waals surface area contributed by atoms with Crippen LogP contribution < -0.4 is 5.32 Å². The molecule has 0 spiro atoms. The number of amides is 3. The number of rotatable bonds is 4. The Morgan fingerprint density at radius 2 is 1.59 bits per heavy atom. The van der Waals surface area contributed by atoms with Crippen molar-refractivity contribution in [1.82, 2.24) is 9.88 Å². The fourth-order valence-electron chi connectivity index (χ4n) is 2.99. The van der Waals surface area contributed by atoms with Crippen LogP contribution in [0.15, 0.2) is 54.6 Å². The lowest BCUT2D eigenvalue weighted by Gasteiger charge is -2.12. The van der Waals surface area contributed by atoms with E-state index in [4.69, 9.17) is 0 Å². The molecule has 0 unspecified atom stereocenters. The molecule has 0 aliphatic carbocycles. The number of thiazole rings is 1. The molecule has 0 bridgehead atoms. The molecule has 134 valence electrons. The number of carbonyl (C=O) groups is 3. The second kappa shape index (κ2) is 6.77. The molecule has 1 aliphatic heterocycles. The highest BCUT2D eigenvalue weighted by Crippen LogP contribution is 2.32. The summed E-state index contributed by atoms with van der Waals surface area (Å²) >= 11 is 1.36. The van der Waals surface area contributed by atoms with E-state index in [2.05, 4.69) is 10.3 Å². The van der Waals surface area contributed by atoms with Crippen molar-refractivity contribution in [1.29, 1.82) is 0 Å². The van der Waals surface area contributed by atoms with E-state index in [1.54, 1.807) is 24.3 Å². The van der Waals surface area contributed by atoms with Crippen LogP contribution in [0.25, 0.3) is 10.4 Å². The van der Waals surface area contributed by atoms with Crippen LogP contribution in [0.5, 0.6) is 0 Å². The van der Waals surface area contributed by atoms with E-state index in [0.717, 1.165) is 21.0 Å². The molecular formula is C20H15N3O3S. The zero-order chi connectivity index (χ0) is 19.0. The van der Waals surface area contributed by atoms with Crippen molar-refractivity contribution >= 4 is 34.2 Å². The van der Waals surface area contributed by atoms with Crippen molar-refractivity contribution in [3.63, 3.8) is 0 Å². The van der Waals surface area contributed by atoms with Crippen molar-refractivity contribution in [3.8, 4) is 10.4 Å². The van der Waals surface area contributed by atoms with Gasteiger partial charge in [-0.2, -0.15) is 0 Å². The minimum Gasteiger partial charge on any atom is -0.300 e. The van der Waals surface area contributed by atoms with Crippen LogP contribution in [0.4, 0.5) is 5.13 Å². The first-order valence-electron chi connectivity index (χ1n) is 8.32. The van der Waals surface area contributed by atoms with Crippen molar-refractivity contribution in [2.45, 2.75) is 6.92 Å². The van der Waals surface area contributed by atoms with Gasteiger partial charge in [0.15, 0.2) is 5.13 Å². The monoisotopic (exact) mass is 377 g/mol. The third-order valence-corrected chi connectivity index (χ3v) is 5.38. The maximum atomic E-state index is 12.4. The lowest BCUT2D eigenvalue weighted by Crippen LogP contribution is -2.37. The van der Waals surface area contributed by atoms with E-state index in [9.17, 15) is 14.4 Å². The molecule has 3 amide bonds. The van der Waals surface area contributed by atoms with Crippen LogP contribution >= 0.6 is 11.3 Å². The molecule has 0 atom stereocenters. The van der Waals surface area contributed by atoms with Crippen molar-refractivity contribution < 1.29 is 14.4 Å². The van der Waals surface area contributed by atoms with Gasteiger partial charge in [0.2, 0.25) is 5.91 Å². The molecule has 27 heavy (non-hydrogen) atoms. The van der Waals surface area contributed by atoms with E-state index >= 15 is 0 Å². The highest BCUT2D eigenvalue weighted by Gasteiger charge is 2.36. The van der Waals surface area contributed by atoms with Crippen molar-refractivity contribution in [2.24, 2.45) is 0 Å². The molecule has 0 fully saturated rings. The molecular weight excluding hydrogens is 362 g/mol. The molecule has 0 saturated carbocycles. The number of aromatic nitrogens is 1. The van der Waals surface area contributed by atoms with E-state index < -0.39 is 17.7 Å². The number of anilines is 1. The summed E-state index contributed by atoms with van der Waals surface area (Å²) in [5.41, 5.74) is 2.48. The number of imide groups is 1. The molecule has 2 aromatic carbocycles. The largest absolute Gasteiger partial charge is 0.300 e. The maximum Gasteiger partial charge on any atom is 0.262 e. The number of carbonyl (C=O) groups excluding carboxylic acids is 3. The average Bonchev–Trinajstić information content (AvgIpc) is 3.15. The summed E-state index contributed by atoms with van der Waals surface area (Å²) < 4.78 is 0. The first kappa shape index (κ1) is 17.1. The van der Waals surface area contributed by atoms with Gasteiger partial charge in [0.25, 0.3) is 11.8 Å². The van der Waals surface area contributed by atoms with E-state index in [0.29, 0.717) is 16.3 Å². The molecule has 1 N–H and O–H groups in total. The maximum absolute atomic E-state index is 12.4. The lowest BCUT2D eigenvalue weighted by atomic mass is 10.1. The summed E-state index contributed by atoms with van der Waals surface area (Å²) in [5.74, 6) is -1.37. The fraction of sp³-hybridized carbons (Fsp3) is 0.100. The van der Waals surface area contributed by atoms with Gasteiger partial charge in [-0.3, -0.25) is 19.3 Å². The third-order valence-electron chi connectivity index (χ3n) is 4.26. The SMILES string of the molecule is Cc1nc(NC(=O)CN2C(=O)c3ccccc3C2=O)sc1-c1ccccc1. The Bertz CT molecular complexity index is 1020. The predicted octanol–water partition coefficient (Wildman–Crippen LogP) is 3.35. The molecule has 1 aromatic heterocycles. The zero-order valence-corrected chi connectivity index (χ0v) is 15.2. The number of hydrogen-bond donors (Lipinski definition) is 1. The highest BCUT2D eigenvalue weighted by atomic mass is 32.1. The highest BCUT2D eigenvalue weighted by molar-refractivity contribution is 7.19. The van der Waals surface area contributed by atoms with E-state index in [1.807, 2.05) is 37.3 Å². The Balaban J connectivity index is 1.48. The first-order valence-corrected chi connectivity index (χ1v) is 9.14. The summed E-state index contributed by atoms with van der Waals surface area (Å²) in [6, 6.07) is 16.3. The van der Waals surface area contributed by atoms with E-state index in [1.165, 1.54) is 11.3 Å². The number of aryl methyl sites for hydroxylation is 1. The molecule has 7 heteroatoms. The summed E-state index contributed by atoms with van der Waals surface area (Å²) in [6.07, 6.45) is 0. The predicted molar refractivity (Wildman–Crippen MR) is 103 cm³/mol. The van der Waals surface area contributed by atoms with Gasteiger partial charge in [0.1, 0.15) is 6.54 Å². The smallest absolute Gasteiger partial charge is 0.262 e. The van der Waals surface area contributed by atoms with Gasteiger partial charge in [-0.1, -0.05) is 53.8 Å². The van der Waals surface area contributed by atoms with E-state index in [-0.39, 0.29) is 6.54 Å². The molecule has 4 rings (SSSR count). The molecule has 2 heterocycles. The Kier molecular flexibility index (Phi) is 4.29. The van der Waals surface area contributed by atoms with Gasteiger partial charge in [0.05, 0.1) is 21.7 Å². The van der Waals surface area contributed by atoms with Gasteiger partial charge in [-0.15, -0.1) is 0 Å². The first-order chi connectivity index (χ1) is 13.0. The molecule has 0 saturated heterocycles. The number of nitrogens with one attached hydrogen (secondary N) is 1. The normalized spacial score (nSPS) is 13.0. The Hall–Kier alpha value is -3.32. The van der Waals surface area contributed by atoms with Crippen molar-refractivity contribution in [3.05, 3.63) is 71.4 Å². The van der Waals surface area contributed by atoms with Crippen LogP contribution in [-0.4, -0.2) is 34.2 Å². The van der Waals surface area contributed by atoms with Crippen LogP contribution in [0, 0.1) is 6.92 Å². The summed E-state index contributed by atoms with van der Waals surface area (Å²) in [7, 11) is 0. The molecule has 6 nitrogen and oxygen atoms in total. The van der Waals surface area contributed by atoms with Crippen molar-refractivity contribution in [2.75, 3.05) is 11.9 Å². The second-order valence-corrected chi connectivity index (χ2v) is 7.09. The minimum absolute atomic E-state index is 0.326. The Morgan fingerprint density at radius 1 is 1.00 bits per heavy atom. The van der Waals surface area contributed by atoms with Gasteiger partial charge < -0.3 is 5.32 Å².